The van der Waals surface area contributed by atoms with Gasteiger partial charge in [0.1, 0.15) is 0 Å². The molecule has 1 aromatic heterocycles. The molecule has 2 fully saturated rings. The third kappa shape index (κ3) is 5.13. The van der Waals surface area contributed by atoms with Crippen molar-refractivity contribution in [3.05, 3.63) is 42.2 Å². The third-order valence-corrected chi connectivity index (χ3v) is 5.90. The molecule has 0 spiro atoms. The normalized spacial score (nSPS) is 20.2. The molecule has 0 aliphatic carbocycles. The summed E-state index contributed by atoms with van der Waals surface area (Å²) in [6.45, 7) is 8.66. The van der Waals surface area contributed by atoms with Crippen LogP contribution in [0, 0.1) is 5.92 Å². The van der Waals surface area contributed by atoms with Crippen LogP contribution < -0.4 is 10.2 Å². The predicted octanol–water partition coefficient (Wildman–Crippen LogP) is 0.782. The summed E-state index contributed by atoms with van der Waals surface area (Å²) in [6, 6.07) is 10.5. The lowest BCUT2D eigenvalue weighted by atomic mass is 10.1. The maximum absolute atomic E-state index is 12.8. The number of hydrogen-bond acceptors (Lipinski definition) is 6. The topological polar surface area (TPSA) is 69.5 Å². The first-order valence-corrected chi connectivity index (χ1v) is 10.6. The van der Waals surface area contributed by atoms with Gasteiger partial charge in [0.05, 0.1) is 12.7 Å². The highest BCUT2D eigenvalue weighted by Crippen LogP contribution is 2.24. The molecule has 2 saturated heterocycles. The van der Waals surface area contributed by atoms with Crippen molar-refractivity contribution in [2.24, 2.45) is 5.92 Å². The van der Waals surface area contributed by atoms with Gasteiger partial charge in [0, 0.05) is 65.1 Å². The molecule has 2 aliphatic rings. The van der Waals surface area contributed by atoms with Crippen LogP contribution in [0.3, 0.4) is 0 Å². The number of rotatable bonds is 7. The Kier molecular flexibility index (Phi) is 6.41. The molecule has 29 heavy (non-hydrogen) atoms. The number of amides is 1. The Labute approximate surface area is 172 Å². The van der Waals surface area contributed by atoms with Gasteiger partial charge in [-0.05, 0) is 24.5 Å². The summed E-state index contributed by atoms with van der Waals surface area (Å²) in [7, 11) is 1.87. The lowest BCUT2D eigenvalue weighted by Gasteiger charge is -2.26. The van der Waals surface area contributed by atoms with Crippen LogP contribution in [0.5, 0.6) is 0 Å². The highest BCUT2D eigenvalue weighted by molar-refractivity contribution is 5.91. The first kappa shape index (κ1) is 19.8. The monoisotopic (exact) mass is 397 g/mol. The number of carbonyl (C=O) groups excluding carboxylic acids is 1. The zero-order valence-corrected chi connectivity index (χ0v) is 17.2. The lowest BCUT2D eigenvalue weighted by molar-refractivity contribution is 0.0770. The molecular weight excluding hydrogens is 366 g/mol. The van der Waals surface area contributed by atoms with Crippen molar-refractivity contribution >= 4 is 11.6 Å². The Hall–Kier alpha value is -2.45. The number of aromatic nitrogens is 3. The van der Waals surface area contributed by atoms with Crippen molar-refractivity contribution < 1.29 is 4.79 Å². The van der Waals surface area contributed by atoms with E-state index < -0.39 is 0 Å². The summed E-state index contributed by atoms with van der Waals surface area (Å²) in [5, 5.41) is 11.6. The van der Waals surface area contributed by atoms with Gasteiger partial charge in [0.2, 0.25) is 0 Å². The molecule has 4 rings (SSSR count). The number of hydrogen-bond donors (Lipinski definition) is 1. The molecule has 0 saturated carbocycles. The SMILES string of the molecule is CN(C[C@@H]1CCN(c2ccccc2)C1)C(=O)c1cn(CCN2CCNCC2)nn1. The summed E-state index contributed by atoms with van der Waals surface area (Å²) in [6.07, 6.45) is 2.88. The van der Waals surface area contributed by atoms with Crippen LogP contribution in [0.25, 0.3) is 0 Å². The van der Waals surface area contributed by atoms with Gasteiger partial charge in [0.25, 0.3) is 5.91 Å². The fourth-order valence-corrected chi connectivity index (χ4v) is 4.21. The number of anilines is 1. The molecule has 1 atom stereocenters. The van der Waals surface area contributed by atoms with E-state index in [0.717, 1.165) is 65.3 Å². The Morgan fingerprint density at radius 1 is 1.17 bits per heavy atom. The summed E-state index contributed by atoms with van der Waals surface area (Å²) in [5.41, 5.74) is 1.70. The van der Waals surface area contributed by atoms with Crippen LogP contribution in [-0.4, -0.2) is 90.1 Å². The lowest BCUT2D eigenvalue weighted by Crippen LogP contribution is -2.44. The molecule has 0 unspecified atom stereocenters. The van der Waals surface area contributed by atoms with E-state index in [0.29, 0.717) is 11.6 Å². The standard InChI is InChI=1S/C21H31N7O/c1-25(15-18-7-10-27(16-18)19-5-3-2-4-6-19)21(29)20-17-28(24-23-20)14-13-26-11-8-22-9-12-26/h2-6,17-18,22H,7-16H2,1H3/t18-/m0/s1. The van der Waals surface area contributed by atoms with Gasteiger partial charge in [-0.3, -0.25) is 14.4 Å². The molecule has 3 heterocycles. The number of para-hydroxylation sites is 1. The Morgan fingerprint density at radius 3 is 2.76 bits per heavy atom. The van der Waals surface area contributed by atoms with Crippen molar-refractivity contribution in [3.63, 3.8) is 0 Å². The summed E-state index contributed by atoms with van der Waals surface area (Å²) >= 11 is 0. The smallest absolute Gasteiger partial charge is 0.275 e. The summed E-state index contributed by atoms with van der Waals surface area (Å²) in [5.74, 6) is 0.434. The first-order chi connectivity index (χ1) is 14.2. The Morgan fingerprint density at radius 2 is 1.97 bits per heavy atom. The fourth-order valence-electron chi connectivity index (χ4n) is 4.21. The molecule has 8 nitrogen and oxygen atoms in total. The van der Waals surface area contributed by atoms with Gasteiger partial charge in [-0.25, -0.2) is 0 Å². The average Bonchev–Trinajstić information content (AvgIpc) is 3.43. The zero-order chi connectivity index (χ0) is 20.1. The van der Waals surface area contributed by atoms with Gasteiger partial charge in [-0.15, -0.1) is 5.10 Å². The van der Waals surface area contributed by atoms with Crippen molar-refractivity contribution in [1.82, 2.24) is 30.1 Å². The molecule has 1 amide bonds. The minimum absolute atomic E-state index is 0.0448. The van der Waals surface area contributed by atoms with Crippen molar-refractivity contribution in [1.29, 1.82) is 0 Å². The molecule has 1 N–H and O–H groups in total. The second kappa shape index (κ2) is 9.37. The third-order valence-electron chi connectivity index (χ3n) is 5.90. The zero-order valence-electron chi connectivity index (χ0n) is 17.2. The molecule has 2 aliphatic heterocycles. The minimum atomic E-state index is -0.0448. The second-order valence-corrected chi connectivity index (χ2v) is 8.08. The molecule has 2 aromatic rings. The van der Waals surface area contributed by atoms with E-state index in [1.165, 1.54) is 5.69 Å². The molecule has 1 aromatic carbocycles. The molecule has 0 bridgehead atoms. The average molecular weight is 398 g/mol. The van der Waals surface area contributed by atoms with Gasteiger partial charge in [-0.2, -0.15) is 0 Å². The van der Waals surface area contributed by atoms with E-state index in [4.69, 9.17) is 0 Å². The van der Waals surface area contributed by atoms with E-state index in [2.05, 4.69) is 49.7 Å². The van der Waals surface area contributed by atoms with Crippen molar-refractivity contribution in [2.45, 2.75) is 13.0 Å². The maximum atomic E-state index is 12.8. The van der Waals surface area contributed by atoms with E-state index >= 15 is 0 Å². The molecule has 8 heteroatoms. The molecular formula is C21H31N7O. The second-order valence-electron chi connectivity index (χ2n) is 8.08. The van der Waals surface area contributed by atoms with Gasteiger partial charge >= 0.3 is 0 Å². The quantitative estimate of drug-likeness (QED) is 0.745. The van der Waals surface area contributed by atoms with Crippen molar-refractivity contribution in [3.8, 4) is 0 Å². The number of piperazine rings is 1. The van der Waals surface area contributed by atoms with E-state index in [-0.39, 0.29) is 5.91 Å². The number of carbonyl (C=O) groups is 1. The van der Waals surface area contributed by atoms with Gasteiger partial charge in [0.15, 0.2) is 5.69 Å². The van der Waals surface area contributed by atoms with Crippen LogP contribution in [-0.2, 0) is 6.54 Å². The Balaban J connectivity index is 1.25. The molecule has 156 valence electrons. The minimum Gasteiger partial charge on any atom is -0.371 e. The first-order valence-electron chi connectivity index (χ1n) is 10.6. The van der Waals surface area contributed by atoms with Gasteiger partial charge < -0.3 is 15.1 Å². The van der Waals surface area contributed by atoms with Crippen LogP contribution in [0.1, 0.15) is 16.9 Å². The van der Waals surface area contributed by atoms with E-state index in [1.54, 1.807) is 15.8 Å². The number of benzene rings is 1. The van der Waals surface area contributed by atoms with Crippen LogP contribution >= 0.6 is 0 Å². The van der Waals surface area contributed by atoms with Crippen LogP contribution in [0.4, 0.5) is 5.69 Å². The van der Waals surface area contributed by atoms with Crippen molar-refractivity contribution in [2.75, 3.05) is 64.3 Å². The highest BCUT2D eigenvalue weighted by Gasteiger charge is 2.26. The number of nitrogens with zero attached hydrogens (tertiary/aromatic N) is 6. The number of nitrogens with one attached hydrogen (secondary N) is 1. The maximum Gasteiger partial charge on any atom is 0.275 e. The Bertz CT molecular complexity index is 787. The largest absolute Gasteiger partial charge is 0.371 e. The summed E-state index contributed by atoms with van der Waals surface area (Å²) < 4.78 is 1.79. The summed E-state index contributed by atoms with van der Waals surface area (Å²) in [4.78, 5) is 19.4. The predicted molar refractivity (Wildman–Crippen MR) is 113 cm³/mol. The van der Waals surface area contributed by atoms with Gasteiger partial charge in [-0.1, -0.05) is 23.4 Å². The molecule has 0 radical (unpaired) electrons. The van der Waals surface area contributed by atoms with E-state index in [1.807, 2.05) is 13.1 Å². The van der Waals surface area contributed by atoms with Crippen LogP contribution in [0.15, 0.2) is 36.5 Å². The van der Waals surface area contributed by atoms with E-state index in [9.17, 15) is 4.79 Å². The highest BCUT2D eigenvalue weighted by atomic mass is 16.2. The fraction of sp³-hybridized carbons (Fsp3) is 0.571. The van der Waals surface area contributed by atoms with Crippen LogP contribution in [0.2, 0.25) is 0 Å².